The second-order valence-electron chi connectivity index (χ2n) is 2.87. The highest BCUT2D eigenvalue weighted by Crippen LogP contribution is 2.01. The molecule has 2 amide bonds. The lowest BCUT2D eigenvalue weighted by Crippen LogP contribution is -2.47. The van der Waals surface area contributed by atoms with E-state index in [9.17, 15) is 14.7 Å². The summed E-state index contributed by atoms with van der Waals surface area (Å²) in [5.41, 5.74) is 4.88. The summed E-state index contributed by atoms with van der Waals surface area (Å²) < 4.78 is 0. The third kappa shape index (κ3) is 3.57. The van der Waals surface area contributed by atoms with E-state index in [4.69, 9.17) is 5.73 Å². The first kappa shape index (κ1) is 12.6. The van der Waals surface area contributed by atoms with Gasteiger partial charge < -0.3 is 15.7 Å². The summed E-state index contributed by atoms with van der Waals surface area (Å²) in [5.74, 6) is -1.43. The van der Waals surface area contributed by atoms with Crippen LogP contribution in [-0.4, -0.2) is 34.6 Å². The highest BCUT2D eigenvalue weighted by molar-refractivity contribution is 5.91. The van der Waals surface area contributed by atoms with E-state index in [1.807, 2.05) is 6.92 Å². The Morgan fingerprint density at radius 2 is 2.21 bits per heavy atom. The fourth-order valence-corrected chi connectivity index (χ4v) is 0.952. The molecule has 0 heterocycles. The van der Waals surface area contributed by atoms with Crippen LogP contribution in [0.15, 0.2) is 12.7 Å². The standard InChI is InChI=1S/C9H16N2O3/c1-3-5-6-11(7(12)4-2)9(14)8(10)13/h4,9,14H,2-3,5-6H2,1H3,(H2,10,13). The van der Waals surface area contributed by atoms with Gasteiger partial charge in [0.1, 0.15) is 0 Å². The van der Waals surface area contributed by atoms with Gasteiger partial charge >= 0.3 is 0 Å². The Morgan fingerprint density at radius 3 is 2.57 bits per heavy atom. The van der Waals surface area contributed by atoms with Crippen molar-refractivity contribution in [1.29, 1.82) is 0 Å². The van der Waals surface area contributed by atoms with Crippen LogP contribution in [0.3, 0.4) is 0 Å². The first-order valence-electron chi connectivity index (χ1n) is 4.45. The lowest BCUT2D eigenvalue weighted by molar-refractivity contribution is -0.148. The smallest absolute Gasteiger partial charge is 0.267 e. The first-order chi connectivity index (χ1) is 6.54. The second kappa shape index (κ2) is 6.15. The lowest BCUT2D eigenvalue weighted by Gasteiger charge is -2.24. The molecule has 0 fully saturated rings. The van der Waals surface area contributed by atoms with Crippen molar-refractivity contribution < 1.29 is 14.7 Å². The molecule has 0 saturated carbocycles. The zero-order valence-corrected chi connectivity index (χ0v) is 8.27. The molecule has 0 aliphatic rings. The van der Waals surface area contributed by atoms with Crippen LogP contribution in [0.2, 0.25) is 0 Å². The summed E-state index contributed by atoms with van der Waals surface area (Å²) in [6, 6.07) is 0. The van der Waals surface area contributed by atoms with Crippen molar-refractivity contribution in [2.24, 2.45) is 5.73 Å². The summed E-state index contributed by atoms with van der Waals surface area (Å²) in [5, 5.41) is 9.30. The molecule has 0 aliphatic carbocycles. The normalized spacial score (nSPS) is 11.9. The maximum Gasteiger partial charge on any atom is 0.267 e. The van der Waals surface area contributed by atoms with E-state index in [0.717, 1.165) is 17.4 Å². The van der Waals surface area contributed by atoms with Gasteiger partial charge in [-0.2, -0.15) is 0 Å². The molecule has 1 unspecified atom stereocenters. The lowest BCUT2D eigenvalue weighted by atomic mass is 10.3. The Bertz CT molecular complexity index is 228. The van der Waals surface area contributed by atoms with Crippen LogP contribution in [0, 0.1) is 0 Å². The van der Waals surface area contributed by atoms with Crippen molar-refractivity contribution in [3.05, 3.63) is 12.7 Å². The first-order valence-corrected chi connectivity index (χ1v) is 4.45. The third-order valence-corrected chi connectivity index (χ3v) is 1.76. The summed E-state index contributed by atoms with van der Waals surface area (Å²) in [6.07, 6.45) is 1.03. The van der Waals surface area contributed by atoms with Gasteiger partial charge in [0.25, 0.3) is 5.91 Å². The number of hydrogen-bond acceptors (Lipinski definition) is 3. The van der Waals surface area contributed by atoms with E-state index in [0.29, 0.717) is 13.0 Å². The van der Waals surface area contributed by atoms with Gasteiger partial charge in [-0.25, -0.2) is 0 Å². The molecule has 5 nitrogen and oxygen atoms in total. The van der Waals surface area contributed by atoms with Crippen LogP contribution in [-0.2, 0) is 9.59 Å². The van der Waals surface area contributed by atoms with Gasteiger partial charge in [-0.15, -0.1) is 0 Å². The fourth-order valence-electron chi connectivity index (χ4n) is 0.952. The molecule has 0 aromatic heterocycles. The van der Waals surface area contributed by atoms with Gasteiger partial charge in [0.2, 0.25) is 12.1 Å². The van der Waals surface area contributed by atoms with Gasteiger partial charge in [0, 0.05) is 6.54 Å². The number of nitrogens with two attached hydrogens (primary N) is 1. The minimum Gasteiger partial charge on any atom is -0.366 e. The van der Waals surface area contributed by atoms with Crippen molar-refractivity contribution in [1.82, 2.24) is 4.90 Å². The number of nitrogens with zero attached hydrogens (tertiary/aromatic N) is 1. The maximum atomic E-state index is 11.2. The minimum absolute atomic E-state index is 0.297. The summed E-state index contributed by atoms with van der Waals surface area (Å²) in [7, 11) is 0. The van der Waals surface area contributed by atoms with E-state index in [1.165, 1.54) is 0 Å². The Morgan fingerprint density at radius 1 is 1.64 bits per heavy atom. The van der Waals surface area contributed by atoms with E-state index in [-0.39, 0.29) is 0 Å². The Kier molecular flexibility index (Phi) is 5.55. The molecule has 0 saturated heterocycles. The topological polar surface area (TPSA) is 83.6 Å². The zero-order chi connectivity index (χ0) is 11.1. The molecule has 5 heteroatoms. The van der Waals surface area contributed by atoms with Crippen LogP contribution in [0.25, 0.3) is 0 Å². The van der Waals surface area contributed by atoms with E-state index in [2.05, 4.69) is 6.58 Å². The molecular formula is C9H16N2O3. The Labute approximate surface area is 83.2 Å². The van der Waals surface area contributed by atoms with E-state index >= 15 is 0 Å². The largest absolute Gasteiger partial charge is 0.366 e. The van der Waals surface area contributed by atoms with Crippen LogP contribution >= 0.6 is 0 Å². The molecule has 1 atom stereocenters. The van der Waals surface area contributed by atoms with Gasteiger partial charge in [-0.05, 0) is 12.5 Å². The van der Waals surface area contributed by atoms with Crippen LogP contribution in [0.4, 0.5) is 0 Å². The molecule has 0 aromatic carbocycles. The number of aliphatic hydroxyl groups is 1. The van der Waals surface area contributed by atoms with Gasteiger partial charge in [-0.1, -0.05) is 19.9 Å². The highest BCUT2D eigenvalue weighted by Gasteiger charge is 2.23. The van der Waals surface area contributed by atoms with Crippen molar-refractivity contribution in [3.8, 4) is 0 Å². The molecule has 0 bridgehead atoms. The third-order valence-electron chi connectivity index (χ3n) is 1.76. The van der Waals surface area contributed by atoms with Crippen LogP contribution < -0.4 is 5.73 Å². The molecule has 80 valence electrons. The second-order valence-corrected chi connectivity index (χ2v) is 2.87. The van der Waals surface area contributed by atoms with E-state index in [1.54, 1.807) is 0 Å². The summed E-state index contributed by atoms with van der Waals surface area (Å²) in [6.45, 7) is 5.51. The molecule has 0 spiro atoms. The van der Waals surface area contributed by atoms with E-state index < -0.39 is 18.0 Å². The summed E-state index contributed by atoms with van der Waals surface area (Å²) >= 11 is 0. The average Bonchev–Trinajstić information content (AvgIpc) is 2.17. The number of amides is 2. The summed E-state index contributed by atoms with van der Waals surface area (Å²) in [4.78, 5) is 22.9. The molecule has 0 radical (unpaired) electrons. The monoisotopic (exact) mass is 200 g/mol. The average molecular weight is 200 g/mol. The molecule has 0 rings (SSSR count). The predicted octanol–water partition coefficient (Wildman–Crippen LogP) is -0.395. The molecular weight excluding hydrogens is 184 g/mol. The number of hydrogen-bond donors (Lipinski definition) is 2. The van der Waals surface area contributed by atoms with Crippen LogP contribution in [0.5, 0.6) is 0 Å². The Hall–Kier alpha value is -1.36. The van der Waals surface area contributed by atoms with Crippen molar-refractivity contribution in [2.75, 3.05) is 6.54 Å². The van der Waals surface area contributed by atoms with Crippen molar-refractivity contribution in [2.45, 2.75) is 26.0 Å². The van der Waals surface area contributed by atoms with Crippen molar-refractivity contribution in [3.63, 3.8) is 0 Å². The van der Waals surface area contributed by atoms with Crippen molar-refractivity contribution >= 4 is 11.8 Å². The zero-order valence-electron chi connectivity index (χ0n) is 8.27. The number of aliphatic hydroxyl groups excluding tert-OH is 1. The predicted molar refractivity (Wildman–Crippen MR) is 52.0 cm³/mol. The highest BCUT2D eigenvalue weighted by atomic mass is 16.3. The quantitative estimate of drug-likeness (QED) is 0.452. The van der Waals surface area contributed by atoms with Crippen LogP contribution in [0.1, 0.15) is 19.8 Å². The minimum atomic E-state index is -1.56. The molecule has 0 aromatic rings. The number of primary amides is 1. The van der Waals surface area contributed by atoms with Gasteiger partial charge in [0.05, 0.1) is 0 Å². The number of carbonyl (C=O) groups excluding carboxylic acids is 2. The number of rotatable bonds is 6. The Balaban J connectivity index is 4.45. The van der Waals surface area contributed by atoms with Gasteiger partial charge in [-0.3, -0.25) is 9.59 Å². The fraction of sp³-hybridized carbons (Fsp3) is 0.556. The molecule has 0 aliphatic heterocycles. The number of carbonyl (C=O) groups is 2. The maximum absolute atomic E-state index is 11.2. The number of unbranched alkanes of at least 4 members (excludes halogenated alkanes) is 1. The molecule has 14 heavy (non-hydrogen) atoms. The van der Waals surface area contributed by atoms with Gasteiger partial charge in [0.15, 0.2) is 0 Å². The SMILES string of the molecule is C=CC(=O)N(CCCC)C(O)C(N)=O. The molecule has 3 N–H and O–H groups in total.